The Morgan fingerprint density at radius 2 is 1.71 bits per heavy atom. The molecule has 0 saturated heterocycles. The summed E-state index contributed by atoms with van der Waals surface area (Å²) in [5.74, 6) is -2.65. The number of aliphatic carboxylic acids is 1. The molecule has 2 aromatic rings. The first-order chi connectivity index (χ1) is 13.4. The molecule has 0 saturated carbocycles. The molecule has 150 valence electrons. The summed E-state index contributed by atoms with van der Waals surface area (Å²) >= 11 is 0. The number of hydrogen-bond acceptors (Lipinski definition) is 4. The Hall–Kier alpha value is -3.16. The van der Waals surface area contributed by atoms with Crippen molar-refractivity contribution in [3.8, 4) is 11.5 Å². The average Bonchev–Trinajstić information content (AvgIpc) is 2.66. The molecule has 6 nitrogen and oxygen atoms in total. The van der Waals surface area contributed by atoms with Gasteiger partial charge in [0.25, 0.3) is 5.91 Å². The van der Waals surface area contributed by atoms with E-state index in [-0.39, 0.29) is 42.3 Å². The van der Waals surface area contributed by atoms with Gasteiger partial charge in [-0.15, -0.1) is 0 Å². The van der Waals surface area contributed by atoms with Gasteiger partial charge in [-0.1, -0.05) is 6.07 Å². The van der Waals surface area contributed by atoms with Gasteiger partial charge in [0.15, 0.2) is 18.1 Å². The number of halogens is 2. The third kappa shape index (κ3) is 5.18. The van der Waals surface area contributed by atoms with E-state index >= 15 is 0 Å². The van der Waals surface area contributed by atoms with Gasteiger partial charge in [-0.2, -0.15) is 0 Å². The largest absolute Gasteiger partial charge is 0.490 e. The first-order valence-corrected chi connectivity index (χ1v) is 8.70. The van der Waals surface area contributed by atoms with Gasteiger partial charge in [0, 0.05) is 17.7 Å². The minimum absolute atomic E-state index is 0.184. The van der Waals surface area contributed by atoms with Crippen LogP contribution in [0, 0.1) is 11.6 Å². The quantitative estimate of drug-likeness (QED) is 0.706. The van der Waals surface area contributed by atoms with Crippen LogP contribution in [0.25, 0.3) is 0 Å². The molecule has 0 atom stereocenters. The van der Waals surface area contributed by atoms with Gasteiger partial charge in [0.1, 0.15) is 11.6 Å². The highest BCUT2D eigenvalue weighted by atomic mass is 19.1. The van der Waals surface area contributed by atoms with Crippen LogP contribution in [0.15, 0.2) is 36.4 Å². The summed E-state index contributed by atoms with van der Waals surface area (Å²) in [6.07, 6.45) is 0. The van der Waals surface area contributed by atoms with Crippen LogP contribution in [-0.4, -0.2) is 41.6 Å². The SMILES string of the molecule is CCOc1cc(C(=O)N(CC)Cc2c(F)cccc2F)ccc1OCC(=O)O. The summed E-state index contributed by atoms with van der Waals surface area (Å²) in [4.78, 5) is 24.8. The molecule has 2 aromatic carbocycles. The maximum atomic E-state index is 13.9. The number of carboxylic acid groups (broad SMARTS) is 1. The van der Waals surface area contributed by atoms with Crippen molar-refractivity contribution in [2.24, 2.45) is 0 Å². The second kappa shape index (κ2) is 9.68. The minimum atomic E-state index is -1.15. The maximum Gasteiger partial charge on any atom is 0.341 e. The standard InChI is InChI=1S/C20H21F2NO5/c1-3-23(11-14-15(21)6-5-7-16(14)22)20(26)13-8-9-17(28-12-19(24)25)18(10-13)27-4-2/h5-10H,3-4,11-12H2,1-2H3,(H,24,25). The van der Waals surface area contributed by atoms with Crippen molar-refractivity contribution >= 4 is 11.9 Å². The number of carbonyl (C=O) groups excluding carboxylic acids is 1. The molecule has 1 N–H and O–H groups in total. The number of carboxylic acids is 1. The first-order valence-electron chi connectivity index (χ1n) is 8.70. The van der Waals surface area contributed by atoms with Crippen LogP contribution in [0.1, 0.15) is 29.8 Å². The van der Waals surface area contributed by atoms with E-state index in [0.29, 0.717) is 0 Å². The number of benzene rings is 2. The summed E-state index contributed by atoms with van der Waals surface area (Å²) in [6, 6.07) is 7.83. The van der Waals surface area contributed by atoms with E-state index in [1.54, 1.807) is 13.8 Å². The molecule has 0 aliphatic heterocycles. The molecule has 0 radical (unpaired) electrons. The molecule has 1 amide bonds. The topological polar surface area (TPSA) is 76.1 Å². The molecule has 0 unspecified atom stereocenters. The van der Waals surface area contributed by atoms with E-state index in [1.807, 2.05) is 0 Å². The molecular formula is C20H21F2NO5. The number of ether oxygens (including phenoxy) is 2. The van der Waals surface area contributed by atoms with Gasteiger partial charge < -0.3 is 19.5 Å². The van der Waals surface area contributed by atoms with Gasteiger partial charge in [-0.05, 0) is 44.2 Å². The van der Waals surface area contributed by atoms with Crippen molar-refractivity contribution in [2.75, 3.05) is 19.8 Å². The fourth-order valence-corrected chi connectivity index (χ4v) is 2.55. The molecule has 0 aliphatic carbocycles. The zero-order chi connectivity index (χ0) is 20.7. The number of nitrogens with zero attached hydrogens (tertiary/aromatic N) is 1. The van der Waals surface area contributed by atoms with Crippen LogP contribution >= 0.6 is 0 Å². The fraction of sp³-hybridized carbons (Fsp3) is 0.300. The van der Waals surface area contributed by atoms with Crippen molar-refractivity contribution in [2.45, 2.75) is 20.4 Å². The lowest BCUT2D eigenvalue weighted by molar-refractivity contribution is -0.139. The Morgan fingerprint density at radius 3 is 2.29 bits per heavy atom. The first kappa shape index (κ1) is 21.1. The Morgan fingerprint density at radius 1 is 1.04 bits per heavy atom. The lowest BCUT2D eigenvalue weighted by Crippen LogP contribution is -2.31. The van der Waals surface area contributed by atoms with Crippen molar-refractivity contribution < 1.29 is 33.0 Å². The molecule has 0 spiro atoms. The van der Waals surface area contributed by atoms with Crippen LogP contribution in [0.2, 0.25) is 0 Å². The van der Waals surface area contributed by atoms with E-state index < -0.39 is 30.1 Å². The van der Waals surface area contributed by atoms with E-state index in [9.17, 15) is 18.4 Å². The molecule has 0 aliphatic rings. The van der Waals surface area contributed by atoms with E-state index in [2.05, 4.69) is 0 Å². The minimum Gasteiger partial charge on any atom is -0.490 e. The third-order valence-corrected chi connectivity index (χ3v) is 3.92. The van der Waals surface area contributed by atoms with Crippen LogP contribution in [0.4, 0.5) is 8.78 Å². The van der Waals surface area contributed by atoms with E-state index in [0.717, 1.165) is 12.1 Å². The van der Waals surface area contributed by atoms with Gasteiger partial charge in [0.05, 0.1) is 13.2 Å². The number of hydrogen-bond donors (Lipinski definition) is 1. The highest BCUT2D eigenvalue weighted by molar-refractivity contribution is 5.95. The maximum absolute atomic E-state index is 13.9. The van der Waals surface area contributed by atoms with Gasteiger partial charge >= 0.3 is 5.97 Å². The summed E-state index contributed by atoms with van der Waals surface area (Å²) in [6.45, 7) is 3.15. The zero-order valence-corrected chi connectivity index (χ0v) is 15.6. The van der Waals surface area contributed by atoms with Crippen LogP contribution in [-0.2, 0) is 11.3 Å². The van der Waals surface area contributed by atoms with Crippen LogP contribution < -0.4 is 9.47 Å². The van der Waals surface area contributed by atoms with Crippen molar-refractivity contribution in [3.05, 3.63) is 59.2 Å². The van der Waals surface area contributed by atoms with Gasteiger partial charge in [0.2, 0.25) is 0 Å². The lowest BCUT2D eigenvalue weighted by Gasteiger charge is -2.22. The zero-order valence-electron chi connectivity index (χ0n) is 15.6. The Balaban J connectivity index is 2.27. The van der Waals surface area contributed by atoms with Crippen molar-refractivity contribution in [3.63, 3.8) is 0 Å². The molecule has 0 aromatic heterocycles. The number of rotatable bonds is 9. The third-order valence-electron chi connectivity index (χ3n) is 3.92. The Bertz CT molecular complexity index is 836. The molecule has 0 fully saturated rings. The smallest absolute Gasteiger partial charge is 0.341 e. The predicted molar refractivity (Wildman–Crippen MR) is 97.5 cm³/mol. The summed E-state index contributed by atoms with van der Waals surface area (Å²) in [5.41, 5.74) is 0.0360. The monoisotopic (exact) mass is 393 g/mol. The van der Waals surface area contributed by atoms with Crippen LogP contribution in [0.5, 0.6) is 11.5 Å². The Kier molecular flexibility index (Phi) is 7.31. The molecule has 28 heavy (non-hydrogen) atoms. The van der Waals surface area contributed by atoms with E-state index in [4.69, 9.17) is 14.6 Å². The highest BCUT2D eigenvalue weighted by Crippen LogP contribution is 2.29. The number of amides is 1. The highest BCUT2D eigenvalue weighted by Gasteiger charge is 2.20. The molecule has 2 rings (SSSR count). The van der Waals surface area contributed by atoms with Crippen molar-refractivity contribution in [1.29, 1.82) is 0 Å². The summed E-state index contributed by atoms with van der Waals surface area (Å²) < 4.78 is 38.4. The van der Waals surface area contributed by atoms with Crippen molar-refractivity contribution in [1.82, 2.24) is 4.90 Å². The lowest BCUT2D eigenvalue weighted by atomic mass is 10.1. The van der Waals surface area contributed by atoms with Crippen LogP contribution in [0.3, 0.4) is 0 Å². The Labute approximate surface area is 161 Å². The predicted octanol–water partition coefficient (Wildman–Crippen LogP) is 3.49. The molecule has 0 bridgehead atoms. The second-order valence-electron chi connectivity index (χ2n) is 5.80. The summed E-state index contributed by atoms with van der Waals surface area (Å²) in [5, 5.41) is 8.74. The number of carbonyl (C=O) groups is 2. The fourth-order valence-electron chi connectivity index (χ4n) is 2.55. The van der Waals surface area contributed by atoms with Gasteiger partial charge in [-0.25, -0.2) is 13.6 Å². The van der Waals surface area contributed by atoms with E-state index in [1.165, 1.54) is 29.2 Å². The molecular weight excluding hydrogens is 372 g/mol. The normalized spacial score (nSPS) is 10.4. The molecule has 8 heteroatoms. The second-order valence-corrected chi connectivity index (χ2v) is 5.80. The average molecular weight is 393 g/mol. The summed E-state index contributed by atoms with van der Waals surface area (Å²) in [7, 11) is 0. The van der Waals surface area contributed by atoms with Gasteiger partial charge in [-0.3, -0.25) is 4.79 Å². The molecule has 0 heterocycles.